The van der Waals surface area contributed by atoms with E-state index in [2.05, 4.69) is 4.98 Å². The second kappa shape index (κ2) is 6.40. The second-order valence-electron chi connectivity index (χ2n) is 6.42. The van der Waals surface area contributed by atoms with E-state index in [0.29, 0.717) is 41.9 Å². The number of fused-ring (bicyclic) bond motifs is 2. The van der Waals surface area contributed by atoms with Gasteiger partial charge in [-0.2, -0.15) is 0 Å². The summed E-state index contributed by atoms with van der Waals surface area (Å²) >= 11 is 0. The quantitative estimate of drug-likeness (QED) is 0.835. The molecular weight excluding hydrogens is 309 g/mol. The fraction of sp³-hybridized carbons (Fsp3) is 0.421. The molecule has 0 N–H and O–H groups in total. The van der Waals surface area contributed by atoms with E-state index < -0.39 is 0 Å². The van der Waals surface area contributed by atoms with Crippen LogP contribution in [0.1, 0.15) is 19.3 Å². The molecule has 5 heteroatoms. The van der Waals surface area contributed by atoms with Gasteiger partial charge in [-0.25, -0.2) is 9.37 Å². The van der Waals surface area contributed by atoms with E-state index >= 15 is 0 Å². The predicted molar refractivity (Wildman–Crippen MR) is 87.7 cm³/mol. The zero-order chi connectivity index (χ0) is 16.5. The zero-order valence-corrected chi connectivity index (χ0v) is 13.6. The molecule has 3 atom stereocenters. The van der Waals surface area contributed by atoms with E-state index in [-0.39, 0.29) is 5.82 Å². The monoisotopic (exact) mass is 329 g/mol. The van der Waals surface area contributed by atoms with Crippen LogP contribution in [0.4, 0.5) is 4.39 Å². The van der Waals surface area contributed by atoms with Crippen LogP contribution >= 0.6 is 0 Å². The van der Waals surface area contributed by atoms with Gasteiger partial charge in [0.25, 0.3) is 0 Å². The summed E-state index contributed by atoms with van der Waals surface area (Å²) in [5, 5.41) is 0. The first-order valence-corrected chi connectivity index (χ1v) is 8.31. The third kappa shape index (κ3) is 2.96. The SMILES string of the molecule is COc1ncccc1-c1cc(F)cc(OC[C@H]2C[C@@H]3CC[C@H]2O3)c1. The molecule has 2 fully saturated rings. The molecule has 4 nitrogen and oxygen atoms in total. The van der Waals surface area contributed by atoms with Gasteiger partial charge in [0.2, 0.25) is 5.88 Å². The van der Waals surface area contributed by atoms with Crippen LogP contribution in [-0.2, 0) is 4.74 Å². The van der Waals surface area contributed by atoms with Crippen LogP contribution < -0.4 is 9.47 Å². The summed E-state index contributed by atoms with van der Waals surface area (Å²) in [4.78, 5) is 4.17. The van der Waals surface area contributed by atoms with Crippen molar-refractivity contribution in [1.82, 2.24) is 4.98 Å². The molecule has 0 unspecified atom stereocenters. The smallest absolute Gasteiger partial charge is 0.221 e. The summed E-state index contributed by atoms with van der Waals surface area (Å²) in [5.41, 5.74) is 1.44. The number of methoxy groups -OCH3 is 1. The minimum atomic E-state index is -0.336. The molecule has 0 spiro atoms. The third-order valence-electron chi connectivity index (χ3n) is 4.84. The van der Waals surface area contributed by atoms with E-state index in [1.807, 2.05) is 12.1 Å². The summed E-state index contributed by atoms with van der Waals surface area (Å²) in [6.07, 6.45) is 5.66. The van der Waals surface area contributed by atoms with Crippen molar-refractivity contribution in [3.63, 3.8) is 0 Å². The highest BCUT2D eigenvalue weighted by molar-refractivity contribution is 5.69. The molecule has 1 aromatic heterocycles. The normalized spacial score (nSPS) is 25.0. The van der Waals surface area contributed by atoms with Gasteiger partial charge < -0.3 is 14.2 Å². The molecule has 24 heavy (non-hydrogen) atoms. The van der Waals surface area contributed by atoms with Crippen molar-refractivity contribution in [3.8, 4) is 22.8 Å². The summed E-state index contributed by atoms with van der Waals surface area (Å²) in [7, 11) is 1.55. The Bertz CT molecular complexity index is 736. The van der Waals surface area contributed by atoms with Crippen molar-refractivity contribution in [2.75, 3.05) is 13.7 Å². The minimum Gasteiger partial charge on any atom is -0.493 e. The Morgan fingerprint density at radius 1 is 1.29 bits per heavy atom. The fourth-order valence-electron chi connectivity index (χ4n) is 3.70. The summed E-state index contributed by atoms with van der Waals surface area (Å²) in [6, 6.07) is 8.37. The van der Waals surface area contributed by atoms with Gasteiger partial charge in [-0.1, -0.05) is 0 Å². The third-order valence-corrected chi connectivity index (χ3v) is 4.84. The number of hydrogen-bond donors (Lipinski definition) is 0. The maximum absolute atomic E-state index is 14.0. The Hall–Kier alpha value is -2.14. The molecule has 0 aliphatic carbocycles. The maximum atomic E-state index is 14.0. The van der Waals surface area contributed by atoms with Crippen molar-refractivity contribution in [2.45, 2.75) is 31.5 Å². The van der Waals surface area contributed by atoms with Crippen LogP contribution in [0.2, 0.25) is 0 Å². The molecule has 2 aliphatic rings. The Balaban J connectivity index is 1.53. The number of pyridine rings is 1. The Morgan fingerprint density at radius 2 is 2.21 bits per heavy atom. The average molecular weight is 329 g/mol. The van der Waals surface area contributed by atoms with Gasteiger partial charge in [-0.3, -0.25) is 0 Å². The van der Waals surface area contributed by atoms with Crippen LogP contribution in [0.3, 0.4) is 0 Å². The molecule has 126 valence electrons. The lowest BCUT2D eigenvalue weighted by Gasteiger charge is -2.19. The first kappa shape index (κ1) is 15.4. The van der Waals surface area contributed by atoms with Crippen LogP contribution in [0.25, 0.3) is 11.1 Å². The van der Waals surface area contributed by atoms with Gasteiger partial charge in [-0.05, 0) is 49.1 Å². The Labute approximate surface area is 140 Å². The van der Waals surface area contributed by atoms with E-state index in [1.165, 1.54) is 12.1 Å². The molecule has 4 rings (SSSR count). The van der Waals surface area contributed by atoms with Gasteiger partial charge in [0.05, 0.1) is 25.9 Å². The highest BCUT2D eigenvalue weighted by Gasteiger charge is 2.40. The topological polar surface area (TPSA) is 40.6 Å². The Kier molecular flexibility index (Phi) is 4.10. The van der Waals surface area contributed by atoms with Crippen molar-refractivity contribution in [3.05, 3.63) is 42.3 Å². The van der Waals surface area contributed by atoms with Gasteiger partial charge in [-0.15, -0.1) is 0 Å². The van der Waals surface area contributed by atoms with Crippen LogP contribution in [0.5, 0.6) is 11.6 Å². The fourth-order valence-corrected chi connectivity index (χ4v) is 3.70. The standard InChI is InChI=1S/C19H20FNO3/c1-22-19-17(3-2-6-21-19)12-7-14(20)10-16(8-12)23-11-13-9-15-4-5-18(13)24-15/h2-3,6-8,10,13,15,18H,4-5,9,11H2,1H3/t13-,15+,18-/m1/s1. The lowest BCUT2D eigenvalue weighted by Crippen LogP contribution is -2.23. The van der Waals surface area contributed by atoms with Crippen LogP contribution in [0, 0.1) is 11.7 Å². The van der Waals surface area contributed by atoms with Crippen molar-refractivity contribution < 1.29 is 18.6 Å². The molecule has 0 saturated carbocycles. The first-order valence-electron chi connectivity index (χ1n) is 8.31. The van der Waals surface area contributed by atoms with E-state index in [4.69, 9.17) is 14.2 Å². The average Bonchev–Trinajstić information content (AvgIpc) is 3.22. The summed E-state index contributed by atoms with van der Waals surface area (Å²) in [5.74, 6) is 1.07. The molecule has 2 aromatic rings. The van der Waals surface area contributed by atoms with Crippen LogP contribution in [0.15, 0.2) is 36.5 Å². The Morgan fingerprint density at radius 3 is 2.96 bits per heavy atom. The minimum absolute atomic E-state index is 0.307. The predicted octanol–water partition coefficient (Wildman–Crippen LogP) is 3.84. The van der Waals surface area contributed by atoms with E-state index in [9.17, 15) is 4.39 Å². The van der Waals surface area contributed by atoms with Crippen LogP contribution in [-0.4, -0.2) is 30.9 Å². The highest BCUT2D eigenvalue weighted by atomic mass is 19.1. The number of aromatic nitrogens is 1. The molecular formula is C19H20FNO3. The molecule has 2 saturated heterocycles. The van der Waals surface area contributed by atoms with Crippen molar-refractivity contribution >= 4 is 0 Å². The highest BCUT2D eigenvalue weighted by Crippen LogP contribution is 2.39. The van der Waals surface area contributed by atoms with E-state index in [1.54, 1.807) is 19.4 Å². The van der Waals surface area contributed by atoms with E-state index in [0.717, 1.165) is 24.8 Å². The second-order valence-corrected chi connectivity index (χ2v) is 6.42. The molecule has 3 heterocycles. The molecule has 1 aromatic carbocycles. The summed E-state index contributed by atoms with van der Waals surface area (Å²) in [6.45, 7) is 0.564. The van der Waals surface area contributed by atoms with Gasteiger partial charge in [0, 0.05) is 23.7 Å². The largest absolute Gasteiger partial charge is 0.493 e. The maximum Gasteiger partial charge on any atom is 0.221 e. The van der Waals surface area contributed by atoms with Gasteiger partial charge in [0.15, 0.2) is 0 Å². The number of ether oxygens (including phenoxy) is 3. The molecule has 0 radical (unpaired) electrons. The number of rotatable bonds is 5. The number of hydrogen-bond acceptors (Lipinski definition) is 4. The lowest BCUT2D eigenvalue weighted by molar-refractivity contribution is 0.0825. The van der Waals surface area contributed by atoms with Crippen molar-refractivity contribution in [2.24, 2.45) is 5.92 Å². The molecule has 0 amide bonds. The lowest BCUT2D eigenvalue weighted by atomic mass is 9.90. The zero-order valence-electron chi connectivity index (χ0n) is 13.6. The number of nitrogens with zero attached hydrogens (tertiary/aromatic N) is 1. The van der Waals surface area contributed by atoms with Crippen molar-refractivity contribution in [1.29, 1.82) is 0 Å². The van der Waals surface area contributed by atoms with Gasteiger partial charge >= 0.3 is 0 Å². The first-order chi connectivity index (χ1) is 11.7. The number of halogens is 1. The number of benzene rings is 1. The summed E-state index contributed by atoms with van der Waals surface area (Å²) < 4.78 is 31.0. The van der Waals surface area contributed by atoms with Gasteiger partial charge in [0.1, 0.15) is 11.6 Å². The molecule has 2 bridgehead atoms. The molecule has 2 aliphatic heterocycles.